The zero-order valence-corrected chi connectivity index (χ0v) is 12.5. The molecule has 0 fully saturated rings. The number of benzene rings is 1. The van der Waals surface area contributed by atoms with Crippen LogP contribution < -0.4 is 15.4 Å². The molecule has 0 radical (unpaired) electrons. The van der Waals surface area contributed by atoms with Gasteiger partial charge in [0, 0.05) is 11.6 Å². The van der Waals surface area contributed by atoms with Crippen molar-refractivity contribution in [3.05, 3.63) is 29.8 Å². The van der Waals surface area contributed by atoms with Gasteiger partial charge in [-0.3, -0.25) is 0 Å². The summed E-state index contributed by atoms with van der Waals surface area (Å²) in [6.45, 7) is 6.92. The Kier molecular flexibility index (Phi) is 4.88. The number of carbonyl (C=O) groups is 1. The lowest BCUT2D eigenvalue weighted by molar-refractivity contribution is 0.229. The van der Waals surface area contributed by atoms with Crippen molar-refractivity contribution < 1.29 is 9.53 Å². The lowest BCUT2D eigenvalue weighted by atomic mass is 10.0. The second kappa shape index (κ2) is 6.64. The van der Waals surface area contributed by atoms with Gasteiger partial charge in [-0.2, -0.15) is 0 Å². The molecule has 1 heterocycles. The van der Waals surface area contributed by atoms with Gasteiger partial charge in [-0.1, -0.05) is 32.0 Å². The molecule has 1 aromatic rings. The summed E-state index contributed by atoms with van der Waals surface area (Å²) in [5.74, 6) is 1.30. The summed E-state index contributed by atoms with van der Waals surface area (Å²) in [4.78, 5) is 12.1. The van der Waals surface area contributed by atoms with Crippen molar-refractivity contribution in [2.75, 3.05) is 6.61 Å². The van der Waals surface area contributed by atoms with E-state index in [-0.39, 0.29) is 18.1 Å². The maximum atomic E-state index is 12.1. The van der Waals surface area contributed by atoms with Gasteiger partial charge >= 0.3 is 6.03 Å². The maximum absolute atomic E-state index is 12.1. The molecule has 2 unspecified atom stereocenters. The minimum atomic E-state index is -0.104. The topological polar surface area (TPSA) is 50.4 Å². The fourth-order valence-corrected chi connectivity index (χ4v) is 2.25. The molecule has 110 valence electrons. The molecule has 4 nitrogen and oxygen atoms in total. The Morgan fingerprint density at radius 3 is 2.80 bits per heavy atom. The summed E-state index contributed by atoms with van der Waals surface area (Å²) in [5, 5.41) is 6.06. The first-order valence-electron chi connectivity index (χ1n) is 7.36. The van der Waals surface area contributed by atoms with Gasteiger partial charge in [0.25, 0.3) is 0 Å². The lowest BCUT2D eigenvalue weighted by Gasteiger charge is -2.22. The van der Waals surface area contributed by atoms with Crippen LogP contribution in [0.4, 0.5) is 4.79 Å². The van der Waals surface area contributed by atoms with Gasteiger partial charge in [-0.15, -0.1) is 0 Å². The average Bonchev–Trinajstić information content (AvgIpc) is 2.61. The van der Waals surface area contributed by atoms with Crippen molar-refractivity contribution in [3.63, 3.8) is 0 Å². The number of carbonyl (C=O) groups excluding carboxylic acids is 1. The van der Waals surface area contributed by atoms with Crippen LogP contribution in [0.25, 0.3) is 0 Å². The molecule has 0 aromatic heterocycles. The summed E-state index contributed by atoms with van der Waals surface area (Å²) in [7, 11) is 0. The average molecular weight is 276 g/mol. The van der Waals surface area contributed by atoms with Crippen molar-refractivity contribution in [1.82, 2.24) is 10.6 Å². The molecular formula is C16H24N2O2. The third-order valence-electron chi connectivity index (χ3n) is 3.85. The summed E-state index contributed by atoms with van der Waals surface area (Å²) in [6, 6.07) is 8.01. The van der Waals surface area contributed by atoms with E-state index in [1.807, 2.05) is 31.2 Å². The Labute approximate surface area is 120 Å². The van der Waals surface area contributed by atoms with Crippen LogP contribution in [-0.2, 0) is 0 Å². The highest BCUT2D eigenvalue weighted by Gasteiger charge is 2.21. The van der Waals surface area contributed by atoms with Crippen molar-refractivity contribution in [3.8, 4) is 5.75 Å². The third kappa shape index (κ3) is 3.65. The summed E-state index contributed by atoms with van der Waals surface area (Å²) >= 11 is 0. The minimum Gasteiger partial charge on any atom is -0.493 e. The van der Waals surface area contributed by atoms with E-state index in [2.05, 4.69) is 24.5 Å². The van der Waals surface area contributed by atoms with E-state index >= 15 is 0 Å². The SMILES string of the molecule is CC(C)C(C)NC(=O)NC1CCCOc2ccccc21. The number of ether oxygens (including phenoxy) is 1. The first kappa shape index (κ1) is 14.7. The summed E-state index contributed by atoms with van der Waals surface area (Å²) in [5.41, 5.74) is 1.07. The van der Waals surface area contributed by atoms with E-state index in [4.69, 9.17) is 4.74 Å². The highest BCUT2D eigenvalue weighted by molar-refractivity contribution is 5.75. The van der Waals surface area contributed by atoms with Crippen LogP contribution >= 0.6 is 0 Å². The van der Waals surface area contributed by atoms with Gasteiger partial charge in [0.2, 0.25) is 0 Å². The van der Waals surface area contributed by atoms with Gasteiger partial charge in [0.05, 0.1) is 12.6 Å². The first-order valence-corrected chi connectivity index (χ1v) is 7.36. The highest BCUT2D eigenvalue weighted by atomic mass is 16.5. The summed E-state index contributed by atoms with van der Waals surface area (Å²) < 4.78 is 5.71. The molecule has 2 amide bonds. The normalized spacial score (nSPS) is 19.5. The van der Waals surface area contributed by atoms with Gasteiger partial charge < -0.3 is 15.4 Å². The van der Waals surface area contributed by atoms with Gasteiger partial charge in [0.1, 0.15) is 5.75 Å². The molecule has 0 saturated heterocycles. The van der Waals surface area contributed by atoms with Crippen molar-refractivity contribution in [1.29, 1.82) is 0 Å². The predicted molar refractivity (Wildman–Crippen MR) is 79.9 cm³/mol. The zero-order valence-electron chi connectivity index (χ0n) is 12.5. The number of urea groups is 1. The Morgan fingerprint density at radius 2 is 2.05 bits per heavy atom. The molecule has 0 saturated carbocycles. The van der Waals surface area contributed by atoms with E-state index in [1.165, 1.54) is 0 Å². The molecule has 4 heteroatoms. The van der Waals surface area contributed by atoms with E-state index < -0.39 is 0 Å². The standard InChI is InChI=1S/C16H24N2O2/c1-11(2)12(3)17-16(19)18-14-8-6-10-20-15-9-5-4-7-13(14)15/h4-5,7,9,11-12,14H,6,8,10H2,1-3H3,(H2,17,18,19). The number of fused-ring (bicyclic) bond motifs is 1. The van der Waals surface area contributed by atoms with Gasteiger partial charge in [-0.25, -0.2) is 4.79 Å². The molecule has 0 bridgehead atoms. The Bertz CT molecular complexity index is 460. The van der Waals surface area contributed by atoms with Crippen LogP contribution in [0.3, 0.4) is 0 Å². The number of hydrogen-bond donors (Lipinski definition) is 2. The van der Waals surface area contributed by atoms with Crippen LogP contribution in [0, 0.1) is 5.92 Å². The minimum absolute atomic E-state index is 0.0214. The van der Waals surface area contributed by atoms with Crippen molar-refractivity contribution in [2.24, 2.45) is 5.92 Å². The Hall–Kier alpha value is -1.71. The molecule has 1 aromatic carbocycles. The predicted octanol–water partition coefficient (Wildman–Crippen LogP) is 3.24. The second-order valence-corrected chi connectivity index (χ2v) is 5.73. The molecule has 2 atom stereocenters. The number of nitrogens with one attached hydrogen (secondary N) is 2. The van der Waals surface area contributed by atoms with E-state index in [1.54, 1.807) is 0 Å². The van der Waals surface area contributed by atoms with Gasteiger partial charge in [-0.05, 0) is 31.7 Å². The van der Waals surface area contributed by atoms with Crippen LogP contribution in [0.5, 0.6) is 5.75 Å². The number of rotatable bonds is 3. The zero-order chi connectivity index (χ0) is 14.5. The van der Waals surface area contributed by atoms with E-state index in [0.717, 1.165) is 24.2 Å². The third-order valence-corrected chi connectivity index (χ3v) is 3.85. The maximum Gasteiger partial charge on any atom is 0.315 e. The first-order chi connectivity index (χ1) is 9.58. The second-order valence-electron chi connectivity index (χ2n) is 5.73. The molecule has 0 spiro atoms. The number of amides is 2. The van der Waals surface area contributed by atoms with Gasteiger partial charge in [0.15, 0.2) is 0 Å². The molecular weight excluding hydrogens is 252 g/mol. The van der Waals surface area contributed by atoms with E-state index in [9.17, 15) is 4.79 Å². The molecule has 2 N–H and O–H groups in total. The van der Waals surface area contributed by atoms with Crippen molar-refractivity contribution in [2.45, 2.75) is 45.7 Å². The molecule has 2 rings (SSSR count). The van der Waals surface area contributed by atoms with Crippen LogP contribution in [-0.4, -0.2) is 18.7 Å². The monoisotopic (exact) mass is 276 g/mol. The number of hydrogen-bond acceptors (Lipinski definition) is 2. The molecule has 1 aliphatic rings. The van der Waals surface area contributed by atoms with E-state index in [0.29, 0.717) is 12.5 Å². The fraction of sp³-hybridized carbons (Fsp3) is 0.562. The smallest absolute Gasteiger partial charge is 0.315 e. The van der Waals surface area contributed by atoms with Crippen LogP contribution in [0.1, 0.15) is 45.2 Å². The molecule has 1 aliphatic heterocycles. The quantitative estimate of drug-likeness (QED) is 0.890. The van der Waals surface area contributed by atoms with Crippen molar-refractivity contribution >= 4 is 6.03 Å². The molecule has 0 aliphatic carbocycles. The Balaban J connectivity index is 2.04. The fourth-order valence-electron chi connectivity index (χ4n) is 2.25. The highest BCUT2D eigenvalue weighted by Crippen LogP contribution is 2.30. The molecule has 20 heavy (non-hydrogen) atoms. The lowest BCUT2D eigenvalue weighted by Crippen LogP contribution is -2.44. The largest absolute Gasteiger partial charge is 0.493 e. The Morgan fingerprint density at radius 1 is 1.30 bits per heavy atom. The van der Waals surface area contributed by atoms with Crippen LogP contribution in [0.15, 0.2) is 24.3 Å². The summed E-state index contributed by atoms with van der Waals surface area (Å²) in [6.07, 6.45) is 1.85. The van der Waals surface area contributed by atoms with Crippen LogP contribution in [0.2, 0.25) is 0 Å². The number of para-hydroxylation sites is 1.